The van der Waals surface area contributed by atoms with Crippen molar-refractivity contribution in [3.63, 3.8) is 0 Å². The van der Waals surface area contributed by atoms with Crippen molar-refractivity contribution in [2.45, 2.75) is 111 Å². The van der Waals surface area contributed by atoms with Crippen LogP contribution in [0.5, 0.6) is 0 Å². The van der Waals surface area contributed by atoms with Crippen LogP contribution >= 0.6 is 0 Å². The number of carbonyl (C=O) groups is 1. The molecule has 3 aliphatic carbocycles. The van der Waals surface area contributed by atoms with Gasteiger partial charge in [0.05, 0.1) is 11.3 Å². The first-order chi connectivity index (χ1) is 22.4. The molecule has 0 atom stereocenters. The zero-order valence-electron chi connectivity index (χ0n) is 28.4. The summed E-state index contributed by atoms with van der Waals surface area (Å²) in [4.78, 5) is 21.4. The van der Waals surface area contributed by atoms with Gasteiger partial charge in [0.2, 0.25) is 0 Å². The third-order valence-electron chi connectivity index (χ3n) is 11.2. The number of carbonyl (C=O) groups excluding carboxylic acids is 1. The molecule has 259 valence electrons. The number of ketones is 1. The minimum atomic E-state index is 0. The third kappa shape index (κ3) is 9.21. The van der Waals surface area contributed by atoms with Gasteiger partial charge < -0.3 is 5.11 Å². The molecule has 0 amide bonds. The van der Waals surface area contributed by atoms with Crippen molar-refractivity contribution in [3.8, 4) is 11.3 Å². The van der Waals surface area contributed by atoms with E-state index in [4.69, 9.17) is 0 Å². The van der Waals surface area contributed by atoms with Crippen LogP contribution in [0.1, 0.15) is 117 Å². The predicted octanol–water partition coefficient (Wildman–Crippen LogP) is 11.8. The maximum absolute atomic E-state index is 12.2. The van der Waals surface area contributed by atoms with Gasteiger partial charge in [0.25, 0.3) is 0 Å². The number of aliphatic hydroxyl groups is 1. The molecule has 3 saturated carbocycles. The van der Waals surface area contributed by atoms with E-state index >= 15 is 0 Å². The molecular formula is C43H55IrN2O2-. The fourth-order valence-corrected chi connectivity index (χ4v) is 7.96. The second-order valence-electron chi connectivity index (χ2n) is 14.8. The monoisotopic (exact) mass is 824 g/mol. The Morgan fingerprint density at radius 3 is 2.02 bits per heavy atom. The first kappa shape index (κ1) is 37.9. The van der Waals surface area contributed by atoms with Crippen LogP contribution in [0.2, 0.25) is 0 Å². The summed E-state index contributed by atoms with van der Waals surface area (Å²) in [5, 5.41) is 13.7. The van der Waals surface area contributed by atoms with Crippen LogP contribution in [0.3, 0.4) is 0 Å². The van der Waals surface area contributed by atoms with E-state index in [-0.39, 0.29) is 45.2 Å². The van der Waals surface area contributed by atoms with E-state index in [2.05, 4.69) is 85.3 Å². The summed E-state index contributed by atoms with van der Waals surface area (Å²) in [5.41, 5.74) is 4.50. The standard InChI is InChI=1S/C25H23N2.C17H28O2.CH4.Ir/c1-17-9-11-18(12-10-17)20-13-14-23-24(15-20)26-16-27-25(23)22-8-4-6-19-5-2-3-7-21(19)22;1-12-3-7-14(8-4-12)16(18)11-17(19)15-9-5-13(2)6-10-15;;/h2-7,13-18H,9-12H2,1H3;11-15,18H,3-10H2,1-2H3;1H4;/q-1;;;. The van der Waals surface area contributed by atoms with Gasteiger partial charge in [-0.25, -0.2) is 4.98 Å². The van der Waals surface area contributed by atoms with Crippen molar-refractivity contribution >= 4 is 27.5 Å². The Balaban J connectivity index is 0.000000221. The first-order valence-electron chi connectivity index (χ1n) is 17.9. The van der Waals surface area contributed by atoms with Gasteiger partial charge in [0.15, 0.2) is 5.78 Å². The van der Waals surface area contributed by atoms with Crippen molar-refractivity contribution in [2.75, 3.05) is 0 Å². The summed E-state index contributed by atoms with van der Waals surface area (Å²) in [6.07, 6.45) is 17.3. The second-order valence-corrected chi connectivity index (χ2v) is 14.8. The number of fused-ring (bicyclic) bond motifs is 2. The average molecular weight is 824 g/mol. The van der Waals surface area contributed by atoms with Crippen LogP contribution < -0.4 is 0 Å². The number of benzene rings is 3. The number of rotatable bonds is 5. The van der Waals surface area contributed by atoms with Crippen molar-refractivity contribution in [1.29, 1.82) is 0 Å². The maximum atomic E-state index is 12.2. The molecule has 48 heavy (non-hydrogen) atoms. The van der Waals surface area contributed by atoms with E-state index in [1.807, 2.05) is 6.07 Å². The molecule has 3 aliphatic rings. The molecule has 4 aromatic rings. The molecule has 0 spiro atoms. The summed E-state index contributed by atoms with van der Waals surface area (Å²) < 4.78 is 0. The first-order valence-corrected chi connectivity index (χ1v) is 17.9. The van der Waals surface area contributed by atoms with E-state index in [1.54, 1.807) is 12.4 Å². The molecule has 3 aromatic carbocycles. The van der Waals surface area contributed by atoms with Crippen LogP contribution in [0.4, 0.5) is 0 Å². The minimum absolute atomic E-state index is 0. The van der Waals surface area contributed by atoms with Crippen LogP contribution in [0, 0.1) is 35.7 Å². The Labute approximate surface area is 302 Å². The smallest absolute Gasteiger partial charge is 0.162 e. The van der Waals surface area contributed by atoms with Crippen LogP contribution in [-0.2, 0) is 24.9 Å². The molecule has 0 saturated heterocycles. The Kier molecular flexibility index (Phi) is 14.0. The molecule has 5 heteroatoms. The molecule has 7 rings (SSSR count). The zero-order valence-corrected chi connectivity index (χ0v) is 30.8. The number of hydrogen-bond donors (Lipinski definition) is 1. The maximum Gasteiger partial charge on any atom is 0.162 e. The van der Waals surface area contributed by atoms with Crippen LogP contribution in [0.25, 0.3) is 32.9 Å². The molecule has 1 N–H and O–H groups in total. The quantitative estimate of drug-likeness (QED) is 0.124. The van der Waals surface area contributed by atoms with Crippen LogP contribution in [0.15, 0.2) is 72.8 Å². The Morgan fingerprint density at radius 1 is 0.750 bits per heavy atom. The number of aromatic nitrogens is 2. The largest absolute Gasteiger partial charge is 0.512 e. The molecule has 0 unspecified atom stereocenters. The Hall–Kier alpha value is -2.88. The van der Waals surface area contributed by atoms with Crippen molar-refractivity contribution in [1.82, 2.24) is 9.97 Å². The van der Waals surface area contributed by atoms with Gasteiger partial charge in [-0.3, -0.25) is 9.78 Å². The molecule has 1 aromatic heterocycles. The number of hydrogen-bond acceptors (Lipinski definition) is 4. The summed E-state index contributed by atoms with van der Waals surface area (Å²) in [7, 11) is 0. The second kappa shape index (κ2) is 17.7. The van der Waals surface area contributed by atoms with E-state index in [0.717, 1.165) is 78.4 Å². The molecule has 4 nitrogen and oxygen atoms in total. The molecule has 1 radical (unpaired) electrons. The SMILES string of the molecule is C.CC1CCC(C(=O)C=C(O)C2CCC(C)CC2)CC1.CC1CCC(c2ccc3c(-c4[c-]ccc5ccccc45)ncnc3c2)CC1.[Ir]. The van der Waals surface area contributed by atoms with Crippen molar-refractivity contribution in [3.05, 3.63) is 84.4 Å². The summed E-state index contributed by atoms with van der Waals surface area (Å²) in [6, 6.07) is 22.7. The average Bonchev–Trinajstić information content (AvgIpc) is 3.08. The fourth-order valence-electron chi connectivity index (χ4n) is 7.96. The van der Waals surface area contributed by atoms with Gasteiger partial charge in [-0.05, 0) is 84.9 Å². The van der Waals surface area contributed by atoms with Gasteiger partial charge in [0.1, 0.15) is 6.33 Å². The normalized spacial score (nSPS) is 26.0. The van der Waals surface area contributed by atoms with Crippen LogP contribution in [-0.4, -0.2) is 20.9 Å². The number of allylic oxidation sites excluding steroid dienone is 2. The topological polar surface area (TPSA) is 63.1 Å². The summed E-state index contributed by atoms with van der Waals surface area (Å²) in [6.45, 7) is 6.90. The Bertz CT molecular complexity index is 1650. The van der Waals surface area contributed by atoms with E-state index in [1.165, 1.54) is 54.9 Å². The number of aliphatic hydroxyl groups excluding tert-OH is 1. The van der Waals surface area contributed by atoms with E-state index in [9.17, 15) is 9.90 Å². The summed E-state index contributed by atoms with van der Waals surface area (Å²) >= 11 is 0. The van der Waals surface area contributed by atoms with E-state index in [0.29, 0.717) is 11.7 Å². The molecule has 1 heterocycles. The molecular weight excluding hydrogens is 769 g/mol. The number of nitrogens with zero attached hydrogens (tertiary/aromatic N) is 2. The van der Waals surface area contributed by atoms with Gasteiger partial charge in [-0.15, -0.1) is 29.1 Å². The van der Waals surface area contributed by atoms with Gasteiger partial charge in [0, 0.05) is 38.0 Å². The zero-order chi connectivity index (χ0) is 32.0. The predicted molar refractivity (Wildman–Crippen MR) is 196 cm³/mol. The molecule has 0 bridgehead atoms. The van der Waals surface area contributed by atoms with Crippen molar-refractivity contribution in [2.24, 2.45) is 29.6 Å². The van der Waals surface area contributed by atoms with Gasteiger partial charge >= 0.3 is 0 Å². The van der Waals surface area contributed by atoms with Gasteiger partial charge in [-0.1, -0.05) is 109 Å². The Morgan fingerprint density at radius 2 is 1.35 bits per heavy atom. The minimum Gasteiger partial charge on any atom is -0.512 e. The fraction of sp³-hybridized carbons (Fsp3) is 0.512. The van der Waals surface area contributed by atoms with E-state index < -0.39 is 0 Å². The summed E-state index contributed by atoms with van der Waals surface area (Å²) in [5.74, 6) is 4.02. The molecule has 3 fully saturated rings. The van der Waals surface area contributed by atoms with Crippen molar-refractivity contribution < 1.29 is 30.0 Å². The molecule has 0 aliphatic heterocycles. The van der Waals surface area contributed by atoms with Gasteiger partial charge in [-0.2, -0.15) is 0 Å². The third-order valence-corrected chi connectivity index (χ3v) is 11.2.